The normalized spacial score (nSPS) is 21.4. The molecular weight excluding hydrogens is 386 g/mol. The number of nitrogens with one attached hydrogen (secondary N) is 1. The average molecular weight is 403 g/mol. The van der Waals surface area contributed by atoms with Gasteiger partial charge in [-0.1, -0.05) is 6.07 Å². The smallest absolute Gasteiger partial charge is 0.271 e. The molecule has 1 atom stereocenters. The molecule has 2 amide bonds. The van der Waals surface area contributed by atoms with Crippen LogP contribution in [0.15, 0.2) is 40.2 Å². The fourth-order valence-corrected chi connectivity index (χ4v) is 4.91. The number of sulfone groups is 1. The maximum Gasteiger partial charge on any atom is 0.271 e. The molecule has 0 saturated carbocycles. The van der Waals surface area contributed by atoms with E-state index in [2.05, 4.69) is 20.6 Å². The highest BCUT2D eigenvalue weighted by Gasteiger charge is 2.37. The first kappa shape index (κ1) is 18.3. The zero-order valence-corrected chi connectivity index (χ0v) is 15.6. The van der Waals surface area contributed by atoms with Crippen LogP contribution in [0.2, 0.25) is 0 Å². The second-order valence-electron chi connectivity index (χ2n) is 6.62. The molecule has 4 rings (SSSR count). The Bertz CT molecular complexity index is 1050. The Balaban J connectivity index is 1.51. The van der Waals surface area contributed by atoms with E-state index < -0.39 is 21.8 Å². The standard InChI is InChI=1S/C17H17N5O5S/c23-15-5-4-14(21-22(15)13-6-7-28(25,26)9-13)16(24)19-12-3-1-2-11(8-12)17-20-18-10-27-17/h1-3,8,10,13H,4-7,9H2,(H,19,24). The van der Waals surface area contributed by atoms with Gasteiger partial charge in [-0.25, -0.2) is 13.4 Å². The van der Waals surface area contributed by atoms with Crippen molar-refractivity contribution < 1.29 is 22.4 Å². The Morgan fingerprint density at radius 1 is 1.29 bits per heavy atom. The summed E-state index contributed by atoms with van der Waals surface area (Å²) in [6.45, 7) is 0. The Morgan fingerprint density at radius 2 is 2.14 bits per heavy atom. The summed E-state index contributed by atoms with van der Waals surface area (Å²) < 4.78 is 28.5. The fraction of sp³-hybridized carbons (Fsp3) is 0.353. The number of hydrogen-bond acceptors (Lipinski definition) is 8. The van der Waals surface area contributed by atoms with Crippen molar-refractivity contribution in [2.75, 3.05) is 16.8 Å². The van der Waals surface area contributed by atoms with Gasteiger partial charge in [0.25, 0.3) is 5.91 Å². The molecule has 1 aromatic carbocycles. The SMILES string of the molecule is O=C(Nc1cccc(-c2nnco2)c1)C1=NN(C2CCS(=O)(=O)C2)C(=O)CC1. The summed E-state index contributed by atoms with van der Waals surface area (Å²) in [4.78, 5) is 24.8. The molecule has 1 aromatic heterocycles. The first-order valence-corrected chi connectivity index (χ1v) is 10.5. The summed E-state index contributed by atoms with van der Waals surface area (Å²) >= 11 is 0. The van der Waals surface area contributed by atoms with Gasteiger partial charge in [0.05, 0.1) is 17.5 Å². The molecule has 1 fully saturated rings. The molecule has 3 heterocycles. The van der Waals surface area contributed by atoms with Gasteiger partial charge in [0.2, 0.25) is 18.2 Å². The number of amides is 2. The van der Waals surface area contributed by atoms with Crippen LogP contribution in [0.5, 0.6) is 0 Å². The molecule has 2 aliphatic heterocycles. The molecule has 0 spiro atoms. The van der Waals surface area contributed by atoms with E-state index in [1.807, 2.05) is 0 Å². The fourth-order valence-electron chi connectivity index (χ4n) is 3.22. The van der Waals surface area contributed by atoms with Crippen molar-refractivity contribution in [1.29, 1.82) is 0 Å². The minimum atomic E-state index is -3.16. The Hall–Kier alpha value is -3.08. The molecule has 2 aliphatic rings. The molecule has 2 aromatic rings. The highest BCUT2D eigenvalue weighted by atomic mass is 32.2. The molecule has 1 N–H and O–H groups in total. The number of hydrazone groups is 1. The number of carbonyl (C=O) groups is 2. The third-order valence-electron chi connectivity index (χ3n) is 4.60. The number of benzene rings is 1. The van der Waals surface area contributed by atoms with Gasteiger partial charge >= 0.3 is 0 Å². The van der Waals surface area contributed by atoms with E-state index in [0.717, 1.165) is 5.01 Å². The third kappa shape index (κ3) is 3.79. The van der Waals surface area contributed by atoms with E-state index >= 15 is 0 Å². The molecule has 1 saturated heterocycles. The highest BCUT2D eigenvalue weighted by molar-refractivity contribution is 7.91. The van der Waals surface area contributed by atoms with Crippen molar-refractivity contribution in [1.82, 2.24) is 15.2 Å². The van der Waals surface area contributed by atoms with Gasteiger partial charge in [-0.05, 0) is 24.6 Å². The third-order valence-corrected chi connectivity index (χ3v) is 6.35. The molecule has 28 heavy (non-hydrogen) atoms. The van der Waals surface area contributed by atoms with Crippen LogP contribution in [-0.2, 0) is 19.4 Å². The van der Waals surface area contributed by atoms with Crippen LogP contribution >= 0.6 is 0 Å². The lowest BCUT2D eigenvalue weighted by Crippen LogP contribution is -2.42. The zero-order valence-electron chi connectivity index (χ0n) is 14.7. The van der Waals surface area contributed by atoms with E-state index in [4.69, 9.17) is 4.42 Å². The van der Waals surface area contributed by atoms with Gasteiger partial charge in [0, 0.05) is 24.1 Å². The van der Waals surface area contributed by atoms with E-state index in [1.54, 1.807) is 24.3 Å². The summed E-state index contributed by atoms with van der Waals surface area (Å²) in [7, 11) is -3.16. The van der Waals surface area contributed by atoms with Crippen molar-refractivity contribution in [2.24, 2.45) is 5.10 Å². The first-order valence-electron chi connectivity index (χ1n) is 8.69. The van der Waals surface area contributed by atoms with Crippen LogP contribution in [0.3, 0.4) is 0 Å². The van der Waals surface area contributed by atoms with Crippen LogP contribution in [0.4, 0.5) is 5.69 Å². The van der Waals surface area contributed by atoms with Gasteiger partial charge in [-0.3, -0.25) is 9.59 Å². The second-order valence-corrected chi connectivity index (χ2v) is 8.85. The van der Waals surface area contributed by atoms with Crippen molar-refractivity contribution in [2.45, 2.75) is 25.3 Å². The largest absolute Gasteiger partial charge is 0.423 e. The monoisotopic (exact) mass is 403 g/mol. The number of aromatic nitrogens is 2. The van der Waals surface area contributed by atoms with Crippen molar-refractivity contribution in [3.05, 3.63) is 30.7 Å². The van der Waals surface area contributed by atoms with Crippen LogP contribution in [0.25, 0.3) is 11.5 Å². The van der Waals surface area contributed by atoms with Crippen LogP contribution in [0.1, 0.15) is 19.3 Å². The predicted molar refractivity (Wildman–Crippen MR) is 98.9 cm³/mol. The number of anilines is 1. The Kier molecular flexibility index (Phi) is 4.67. The topological polar surface area (TPSA) is 135 Å². The summed E-state index contributed by atoms with van der Waals surface area (Å²) in [6.07, 6.45) is 1.86. The van der Waals surface area contributed by atoms with Gasteiger partial charge in [0.15, 0.2) is 9.84 Å². The van der Waals surface area contributed by atoms with Gasteiger partial charge < -0.3 is 9.73 Å². The van der Waals surface area contributed by atoms with Crippen LogP contribution in [-0.4, -0.2) is 58.7 Å². The van der Waals surface area contributed by atoms with Crippen molar-refractivity contribution >= 4 is 33.1 Å². The first-order chi connectivity index (χ1) is 13.4. The maximum atomic E-state index is 12.6. The number of hydrogen-bond donors (Lipinski definition) is 1. The quantitative estimate of drug-likeness (QED) is 0.799. The molecule has 11 heteroatoms. The van der Waals surface area contributed by atoms with Gasteiger partial charge in [-0.15, -0.1) is 10.2 Å². The molecular formula is C17H17N5O5S. The van der Waals surface area contributed by atoms with Gasteiger partial charge in [0.1, 0.15) is 5.71 Å². The van der Waals surface area contributed by atoms with E-state index in [9.17, 15) is 18.0 Å². The summed E-state index contributed by atoms with van der Waals surface area (Å²) in [5.74, 6) is -0.479. The van der Waals surface area contributed by atoms with Crippen molar-refractivity contribution in [3.8, 4) is 11.5 Å². The Labute approximate surface area is 160 Å². The summed E-state index contributed by atoms with van der Waals surface area (Å²) in [6, 6.07) is 6.37. The second kappa shape index (κ2) is 7.15. The maximum absolute atomic E-state index is 12.6. The number of nitrogens with zero attached hydrogens (tertiary/aromatic N) is 4. The Morgan fingerprint density at radius 3 is 2.86 bits per heavy atom. The lowest BCUT2D eigenvalue weighted by atomic mass is 10.1. The van der Waals surface area contributed by atoms with E-state index in [-0.39, 0.29) is 36.0 Å². The molecule has 1 unspecified atom stereocenters. The minimum absolute atomic E-state index is 0.0287. The van der Waals surface area contributed by atoms with Crippen molar-refractivity contribution in [3.63, 3.8) is 0 Å². The lowest BCUT2D eigenvalue weighted by molar-refractivity contribution is -0.133. The molecule has 0 bridgehead atoms. The molecule has 0 aliphatic carbocycles. The number of carbonyl (C=O) groups excluding carboxylic acids is 2. The average Bonchev–Trinajstić information content (AvgIpc) is 3.32. The summed E-state index contributed by atoms with van der Waals surface area (Å²) in [5, 5.41) is 15.5. The molecule has 146 valence electrons. The van der Waals surface area contributed by atoms with Crippen LogP contribution < -0.4 is 5.32 Å². The molecule has 0 radical (unpaired) electrons. The predicted octanol–water partition coefficient (Wildman–Crippen LogP) is 0.841. The van der Waals surface area contributed by atoms with E-state index in [0.29, 0.717) is 23.6 Å². The van der Waals surface area contributed by atoms with E-state index in [1.165, 1.54) is 6.39 Å². The summed E-state index contributed by atoms with van der Waals surface area (Å²) in [5.41, 5.74) is 1.34. The highest BCUT2D eigenvalue weighted by Crippen LogP contribution is 2.23. The van der Waals surface area contributed by atoms with Gasteiger partial charge in [-0.2, -0.15) is 5.10 Å². The van der Waals surface area contributed by atoms with Crippen LogP contribution in [0, 0.1) is 0 Å². The minimum Gasteiger partial charge on any atom is -0.423 e. The zero-order chi connectivity index (χ0) is 19.7. The molecule has 10 nitrogen and oxygen atoms in total. The number of rotatable bonds is 4. The lowest BCUT2D eigenvalue weighted by Gasteiger charge is -2.27.